The summed E-state index contributed by atoms with van der Waals surface area (Å²) >= 11 is 0. The van der Waals surface area contributed by atoms with Crippen molar-refractivity contribution in [3.8, 4) is 6.07 Å². The van der Waals surface area contributed by atoms with Crippen LogP contribution in [0.5, 0.6) is 0 Å². The predicted octanol–water partition coefficient (Wildman–Crippen LogP) is 3.29. The molecule has 2 heterocycles. The summed E-state index contributed by atoms with van der Waals surface area (Å²) in [6, 6.07) is 19.0. The van der Waals surface area contributed by atoms with Crippen LogP contribution < -0.4 is 5.32 Å². The van der Waals surface area contributed by atoms with Crippen LogP contribution in [0.15, 0.2) is 60.8 Å². The van der Waals surface area contributed by atoms with Crippen LogP contribution in [0.25, 0.3) is 0 Å². The van der Waals surface area contributed by atoms with E-state index < -0.39 is 0 Å². The Morgan fingerprint density at radius 2 is 1.85 bits per heavy atom. The maximum absolute atomic E-state index is 12.9. The van der Waals surface area contributed by atoms with Crippen LogP contribution in [0, 0.1) is 11.3 Å². The number of aromatic nitrogens is 2. The molecule has 1 N–H and O–H groups in total. The van der Waals surface area contributed by atoms with Gasteiger partial charge >= 0.3 is 0 Å². The van der Waals surface area contributed by atoms with Gasteiger partial charge in [-0.2, -0.15) is 5.26 Å². The molecule has 0 saturated heterocycles. The first-order chi connectivity index (χ1) is 13.2. The number of hydrogen-bond donors (Lipinski definition) is 1. The highest BCUT2D eigenvalue weighted by molar-refractivity contribution is 5.92. The molecule has 2 aromatic carbocycles. The number of para-hydroxylation sites is 1. The van der Waals surface area contributed by atoms with E-state index >= 15 is 0 Å². The number of benzene rings is 2. The van der Waals surface area contributed by atoms with E-state index in [2.05, 4.69) is 33.5 Å². The van der Waals surface area contributed by atoms with E-state index in [1.54, 1.807) is 35.4 Å². The summed E-state index contributed by atoms with van der Waals surface area (Å²) in [4.78, 5) is 23.2. The number of fused-ring (bicyclic) bond motifs is 1. The van der Waals surface area contributed by atoms with Gasteiger partial charge in [-0.05, 0) is 35.7 Å². The maximum Gasteiger partial charge on any atom is 0.272 e. The van der Waals surface area contributed by atoms with Gasteiger partial charge in [-0.15, -0.1) is 0 Å². The second-order valence-corrected chi connectivity index (χ2v) is 6.29. The topological polar surface area (TPSA) is 81.9 Å². The predicted molar refractivity (Wildman–Crippen MR) is 101 cm³/mol. The standard InChI is InChI=1S/C21H17N5O/c22-13-16-6-3-4-8-18(16)24-21-23-11-9-19(25-21)20(27)26-12-10-15-5-1-2-7-17(15)14-26/h1-9,11H,10,12,14H2,(H,23,24,25). The Balaban J connectivity index is 1.54. The Labute approximate surface area is 157 Å². The number of carbonyl (C=O) groups excluding carboxylic acids is 1. The lowest BCUT2D eigenvalue weighted by molar-refractivity contribution is 0.0728. The lowest BCUT2D eigenvalue weighted by Gasteiger charge is -2.28. The van der Waals surface area contributed by atoms with Gasteiger partial charge in [-0.25, -0.2) is 9.97 Å². The molecule has 6 heteroatoms. The smallest absolute Gasteiger partial charge is 0.272 e. The minimum absolute atomic E-state index is 0.122. The van der Waals surface area contributed by atoms with Gasteiger partial charge in [-0.3, -0.25) is 4.79 Å². The first-order valence-electron chi connectivity index (χ1n) is 8.70. The molecule has 6 nitrogen and oxygen atoms in total. The summed E-state index contributed by atoms with van der Waals surface area (Å²) in [5, 5.41) is 12.2. The van der Waals surface area contributed by atoms with Crippen LogP contribution in [0.3, 0.4) is 0 Å². The Morgan fingerprint density at radius 1 is 1.07 bits per heavy atom. The summed E-state index contributed by atoms with van der Waals surface area (Å²) in [5.74, 6) is 0.171. The zero-order valence-corrected chi connectivity index (χ0v) is 14.6. The second kappa shape index (κ2) is 7.26. The largest absolute Gasteiger partial charge is 0.333 e. The number of amides is 1. The molecule has 132 valence electrons. The second-order valence-electron chi connectivity index (χ2n) is 6.29. The normalized spacial score (nSPS) is 12.8. The SMILES string of the molecule is N#Cc1ccccc1Nc1nccc(C(=O)N2CCc3ccccc3C2)n1. The van der Waals surface area contributed by atoms with Gasteiger partial charge in [0.2, 0.25) is 5.95 Å². The Morgan fingerprint density at radius 3 is 2.70 bits per heavy atom. The van der Waals surface area contributed by atoms with Crippen molar-refractivity contribution in [2.75, 3.05) is 11.9 Å². The fraction of sp³-hybridized carbons (Fsp3) is 0.143. The number of hydrogen-bond acceptors (Lipinski definition) is 5. The Bertz CT molecular complexity index is 1040. The lowest BCUT2D eigenvalue weighted by atomic mass is 10.00. The molecular weight excluding hydrogens is 338 g/mol. The molecule has 0 saturated carbocycles. The van der Waals surface area contributed by atoms with Crippen molar-refractivity contribution in [3.05, 3.63) is 83.2 Å². The van der Waals surface area contributed by atoms with Gasteiger partial charge in [0.15, 0.2) is 0 Å². The molecule has 1 amide bonds. The molecule has 1 aliphatic rings. The summed E-state index contributed by atoms with van der Waals surface area (Å²) in [6.45, 7) is 1.25. The van der Waals surface area contributed by atoms with E-state index in [-0.39, 0.29) is 5.91 Å². The molecule has 0 unspecified atom stereocenters. The summed E-state index contributed by atoms with van der Waals surface area (Å²) in [5.41, 5.74) is 3.90. The van der Waals surface area contributed by atoms with Gasteiger partial charge < -0.3 is 10.2 Å². The number of rotatable bonds is 3. The third-order valence-corrected chi connectivity index (χ3v) is 4.59. The highest BCUT2D eigenvalue weighted by Crippen LogP contribution is 2.21. The van der Waals surface area contributed by atoms with Gasteiger partial charge in [0.05, 0.1) is 11.3 Å². The molecule has 4 rings (SSSR count). The quantitative estimate of drug-likeness (QED) is 0.779. The number of nitrogens with zero attached hydrogens (tertiary/aromatic N) is 4. The van der Waals surface area contributed by atoms with E-state index in [1.807, 2.05) is 18.2 Å². The van der Waals surface area contributed by atoms with Crippen LogP contribution >= 0.6 is 0 Å². The maximum atomic E-state index is 12.9. The van der Waals surface area contributed by atoms with E-state index in [9.17, 15) is 10.1 Å². The van der Waals surface area contributed by atoms with Crippen molar-refractivity contribution in [1.29, 1.82) is 5.26 Å². The van der Waals surface area contributed by atoms with E-state index in [4.69, 9.17) is 0 Å². The van der Waals surface area contributed by atoms with Crippen molar-refractivity contribution in [2.45, 2.75) is 13.0 Å². The molecule has 1 aliphatic heterocycles. The van der Waals surface area contributed by atoms with E-state index in [0.29, 0.717) is 36.0 Å². The third kappa shape index (κ3) is 3.48. The highest BCUT2D eigenvalue weighted by Gasteiger charge is 2.22. The molecule has 0 spiro atoms. The average molecular weight is 355 g/mol. The van der Waals surface area contributed by atoms with Crippen LogP contribution in [-0.4, -0.2) is 27.3 Å². The van der Waals surface area contributed by atoms with Crippen LogP contribution in [0.2, 0.25) is 0 Å². The van der Waals surface area contributed by atoms with Crippen molar-refractivity contribution in [3.63, 3.8) is 0 Å². The van der Waals surface area contributed by atoms with Crippen LogP contribution in [-0.2, 0) is 13.0 Å². The number of nitrogens with one attached hydrogen (secondary N) is 1. The molecule has 0 bridgehead atoms. The number of anilines is 2. The van der Waals surface area contributed by atoms with Crippen molar-refractivity contribution < 1.29 is 4.79 Å². The van der Waals surface area contributed by atoms with E-state index in [1.165, 1.54) is 11.1 Å². The van der Waals surface area contributed by atoms with Crippen molar-refractivity contribution >= 4 is 17.5 Å². The Hall–Kier alpha value is -3.72. The number of nitriles is 1. The first kappa shape index (κ1) is 16.7. The molecule has 0 aliphatic carbocycles. The first-order valence-corrected chi connectivity index (χ1v) is 8.70. The zero-order valence-electron chi connectivity index (χ0n) is 14.6. The van der Waals surface area contributed by atoms with Crippen molar-refractivity contribution in [2.24, 2.45) is 0 Å². The van der Waals surface area contributed by atoms with Crippen molar-refractivity contribution in [1.82, 2.24) is 14.9 Å². The lowest BCUT2D eigenvalue weighted by Crippen LogP contribution is -2.36. The molecule has 0 fully saturated rings. The fourth-order valence-electron chi connectivity index (χ4n) is 3.18. The Kier molecular flexibility index (Phi) is 4.50. The third-order valence-electron chi connectivity index (χ3n) is 4.59. The summed E-state index contributed by atoms with van der Waals surface area (Å²) < 4.78 is 0. The average Bonchev–Trinajstić information content (AvgIpc) is 2.73. The minimum atomic E-state index is -0.122. The molecule has 27 heavy (non-hydrogen) atoms. The zero-order chi connectivity index (χ0) is 18.6. The van der Waals surface area contributed by atoms with Gasteiger partial charge in [0.25, 0.3) is 5.91 Å². The molecule has 0 radical (unpaired) electrons. The van der Waals surface area contributed by atoms with Gasteiger partial charge in [0, 0.05) is 19.3 Å². The minimum Gasteiger partial charge on any atom is -0.333 e. The fourth-order valence-corrected chi connectivity index (χ4v) is 3.18. The van der Waals surface area contributed by atoms with E-state index in [0.717, 1.165) is 6.42 Å². The summed E-state index contributed by atoms with van der Waals surface area (Å²) in [6.07, 6.45) is 2.39. The molecular formula is C21H17N5O. The van der Waals surface area contributed by atoms with Crippen LogP contribution in [0.1, 0.15) is 27.2 Å². The number of carbonyl (C=O) groups is 1. The van der Waals surface area contributed by atoms with Crippen LogP contribution in [0.4, 0.5) is 11.6 Å². The van der Waals surface area contributed by atoms with Gasteiger partial charge in [-0.1, -0.05) is 36.4 Å². The molecule has 1 aromatic heterocycles. The highest BCUT2D eigenvalue weighted by atomic mass is 16.2. The molecule has 3 aromatic rings. The summed E-state index contributed by atoms with van der Waals surface area (Å²) in [7, 11) is 0. The van der Waals surface area contributed by atoms with Gasteiger partial charge in [0.1, 0.15) is 11.8 Å². The molecule has 0 atom stereocenters. The monoisotopic (exact) mass is 355 g/mol.